The number of ether oxygens (including phenoxy) is 1. The zero-order valence-electron chi connectivity index (χ0n) is 8.20. The molecule has 0 aromatic heterocycles. The molecule has 0 aliphatic carbocycles. The SMILES string of the molecule is CCc1cc(C(O)=S)c(OC)cc1N. The van der Waals surface area contributed by atoms with Crippen molar-refractivity contribution < 1.29 is 9.84 Å². The van der Waals surface area contributed by atoms with Crippen LogP contribution in [0.25, 0.3) is 0 Å². The zero-order valence-corrected chi connectivity index (χ0v) is 9.02. The molecule has 0 spiro atoms. The lowest BCUT2D eigenvalue weighted by Crippen LogP contribution is -2.03. The lowest BCUT2D eigenvalue weighted by Gasteiger charge is -2.10. The van der Waals surface area contributed by atoms with Crippen LogP contribution < -0.4 is 10.5 Å². The third-order valence-corrected chi connectivity index (χ3v) is 2.29. The highest BCUT2D eigenvalue weighted by Crippen LogP contribution is 2.26. The van der Waals surface area contributed by atoms with Crippen LogP contribution in [0.3, 0.4) is 0 Å². The van der Waals surface area contributed by atoms with Crippen molar-refractivity contribution in [1.82, 2.24) is 0 Å². The van der Waals surface area contributed by atoms with Gasteiger partial charge in [-0.2, -0.15) is 0 Å². The molecule has 0 aliphatic heterocycles. The van der Waals surface area contributed by atoms with Gasteiger partial charge in [-0.05, 0) is 30.3 Å². The standard InChI is InChI=1S/C10H13NO2S/c1-3-6-4-7(10(12)14)9(13-2)5-8(6)11/h4-5H,3,11H2,1-2H3,(H,12,14). The fourth-order valence-corrected chi connectivity index (χ4v) is 1.44. The molecule has 0 atom stereocenters. The van der Waals surface area contributed by atoms with Crippen molar-refractivity contribution in [3.05, 3.63) is 23.3 Å². The van der Waals surface area contributed by atoms with E-state index < -0.39 is 0 Å². The molecule has 0 bridgehead atoms. The van der Waals surface area contributed by atoms with Crippen LogP contribution in [0.5, 0.6) is 5.75 Å². The fourth-order valence-electron chi connectivity index (χ4n) is 1.28. The molecule has 0 amide bonds. The second-order valence-corrected chi connectivity index (χ2v) is 3.30. The van der Waals surface area contributed by atoms with Crippen molar-refractivity contribution in [3.63, 3.8) is 0 Å². The smallest absolute Gasteiger partial charge is 0.192 e. The monoisotopic (exact) mass is 211 g/mol. The van der Waals surface area contributed by atoms with E-state index in [0.717, 1.165) is 12.0 Å². The van der Waals surface area contributed by atoms with E-state index in [2.05, 4.69) is 0 Å². The minimum Gasteiger partial charge on any atom is -0.498 e. The van der Waals surface area contributed by atoms with Gasteiger partial charge in [-0.1, -0.05) is 6.92 Å². The summed E-state index contributed by atoms with van der Waals surface area (Å²) in [6.45, 7) is 1.99. The maximum absolute atomic E-state index is 9.26. The molecule has 76 valence electrons. The molecule has 1 rings (SSSR count). The van der Waals surface area contributed by atoms with Crippen LogP contribution in [0.15, 0.2) is 12.1 Å². The van der Waals surface area contributed by atoms with E-state index in [0.29, 0.717) is 17.0 Å². The summed E-state index contributed by atoms with van der Waals surface area (Å²) in [5, 5.41) is 9.09. The molecule has 0 aliphatic rings. The summed E-state index contributed by atoms with van der Waals surface area (Å²) in [7, 11) is 1.52. The maximum Gasteiger partial charge on any atom is 0.192 e. The first kappa shape index (κ1) is 10.8. The Labute approximate surface area is 88.5 Å². The quantitative estimate of drug-likeness (QED) is 0.593. The lowest BCUT2D eigenvalue weighted by molar-refractivity contribution is 0.412. The van der Waals surface area contributed by atoms with Gasteiger partial charge in [-0.25, -0.2) is 0 Å². The molecule has 4 heteroatoms. The first-order valence-corrected chi connectivity index (χ1v) is 4.70. The average molecular weight is 211 g/mol. The minimum absolute atomic E-state index is 0.170. The topological polar surface area (TPSA) is 55.5 Å². The van der Waals surface area contributed by atoms with E-state index in [1.54, 1.807) is 12.1 Å². The van der Waals surface area contributed by atoms with Crippen molar-refractivity contribution in [2.75, 3.05) is 12.8 Å². The summed E-state index contributed by atoms with van der Waals surface area (Å²) in [6.07, 6.45) is 0.797. The van der Waals surface area contributed by atoms with Crippen molar-refractivity contribution in [1.29, 1.82) is 0 Å². The number of hydrogen-bond acceptors (Lipinski definition) is 3. The largest absolute Gasteiger partial charge is 0.498 e. The third kappa shape index (κ3) is 1.96. The molecular weight excluding hydrogens is 198 g/mol. The summed E-state index contributed by atoms with van der Waals surface area (Å²) < 4.78 is 5.06. The van der Waals surface area contributed by atoms with Crippen LogP contribution in [-0.2, 0) is 6.42 Å². The Morgan fingerprint density at radius 2 is 2.21 bits per heavy atom. The number of rotatable bonds is 3. The van der Waals surface area contributed by atoms with Gasteiger partial charge in [0.1, 0.15) is 5.75 Å². The summed E-state index contributed by atoms with van der Waals surface area (Å²) in [6, 6.07) is 3.44. The van der Waals surface area contributed by atoms with Gasteiger partial charge in [0.2, 0.25) is 0 Å². The number of benzene rings is 1. The average Bonchev–Trinajstić information content (AvgIpc) is 2.16. The first-order valence-electron chi connectivity index (χ1n) is 4.29. The Kier molecular flexibility index (Phi) is 3.30. The summed E-state index contributed by atoms with van der Waals surface area (Å²) in [4.78, 5) is 0. The second kappa shape index (κ2) is 4.28. The number of hydrogen-bond donors (Lipinski definition) is 2. The molecule has 14 heavy (non-hydrogen) atoms. The van der Waals surface area contributed by atoms with Gasteiger partial charge in [0, 0.05) is 11.8 Å². The van der Waals surface area contributed by atoms with Crippen molar-refractivity contribution in [2.45, 2.75) is 13.3 Å². The molecule has 3 N–H and O–H groups in total. The second-order valence-electron chi connectivity index (χ2n) is 2.91. The summed E-state index contributed by atoms with van der Waals surface area (Å²) in [5.41, 5.74) is 7.91. The number of nitrogens with two attached hydrogens (primary N) is 1. The molecule has 1 aromatic carbocycles. The van der Waals surface area contributed by atoms with Crippen LogP contribution in [0.1, 0.15) is 18.1 Å². The van der Waals surface area contributed by atoms with E-state index in [1.807, 2.05) is 6.92 Å². The predicted molar refractivity (Wildman–Crippen MR) is 61.1 cm³/mol. The number of methoxy groups -OCH3 is 1. The Balaban J connectivity index is 3.32. The molecule has 1 aromatic rings. The Morgan fingerprint density at radius 3 is 2.64 bits per heavy atom. The van der Waals surface area contributed by atoms with Crippen LogP contribution in [-0.4, -0.2) is 17.3 Å². The molecule has 0 saturated heterocycles. The highest BCUT2D eigenvalue weighted by Gasteiger charge is 2.10. The van der Waals surface area contributed by atoms with E-state index in [1.165, 1.54) is 7.11 Å². The third-order valence-electron chi connectivity index (χ3n) is 2.07. The van der Waals surface area contributed by atoms with E-state index in [-0.39, 0.29) is 5.05 Å². The zero-order chi connectivity index (χ0) is 10.7. The normalized spacial score (nSPS) is 9.86. The van der Waals surface area contributed by atoms with Gasteiger partial charge in [0.25, 0.3) is 0 Å². The molecule has 3 nitrogen and oxygen atoms in total. The number of anilines is 1. The molecule has 0 radical (unpaired) electrons. The number of aryl methyl sites for hydroxylation is 1. The minimum atomic E-state index is -0.170. The van der Waals surface area contributed by atoms with E-state index >= 15 is 0 Å². The van der Waals surface area contributed by atoms with Gasteiger partial charge >= 0.3 is 0 Å². The number of nitrogen functional groups attached to an aromatic ring is 1. The number of aliphatic hydroxyl groups excluding tert-OH is 1. The van der Waals surface area contributed by atoms with Gasteiger partial charge in [0.05, 0.1) is 12.7 Å². The maximum atomic E-state index is 9.26. The van der Waals surface area contributed by atoms with Crippen LogP contribution in [0.4, 0.5) is 5.69 Å². The summed E-state index contributed by atoms with van der Waals surface area (Å²) in [5.74, 6) is 0.507. The molecular formula is C10H13NO2S. The van der Waals surface area contributed by atoms with Crippen molar-refractivity contribution in [2.24, 2.45) is 0 Å². The first-order chi connectivity index (χ1) is 6.60. The molecule has 0 heterocycles. The Hall–Kier alpha value is -1.29. The van der Waals surface area contributed by atoms with Crippen molar-refractivity contribution in [3.8, 4) is 5.75 Å². The van der Waals surface area contributed by atoms with Crippen molar-refractivity contribution >= 4 is 23.0 Å². The Morgan fingerprint density at radius 1 is 1.57 bits per heavy atom. The highest BCUT2D eigenvalue weighted by molar-refractivity contribution is 7.80. The van der Waals surface area contributed by atoms with Gasteiger partial charge in [-0.15, -0.1) is 0 Å². The number of aliphatic hydroxyl groups is 1. The Bertz CT molecular complexity index is 363. The van der Waals surface area contributed by atoms with Gasteiger partial charge < -0.3 is 15.6 Å². The highest BCUT2D eigenvalue weighted by atomic mass is 32.1. The van der Waals surface area contributed by atoms with E-state index in [9.17, 15) is 5.11 Å². The lowest BCUT2D eigenvalue weighted by atomic mass is 10.1. The van der Waals surface area contributed by atoms with E-state index in [4.69, 9.17) is 22.7 Å². The molecule has 0 fully saturated rings. The molecule has 0 unspecified atom stereocenters. The molecule has 0 saturated carbocycles. The van der Waals surface area contributed by atoms with Gasteiger partial charge in [0.15, 0.2) is 5.05 Å². The summed E-state index contributed by atoms with van der Waals surface area (Å²) >= 11 is 4.70. The fraction of sp³-hybridized carbons (Fsp3) is 0.300. The van der Waals surface area contributed by atoms with Gasteiger partial charge in [-0.3, -0.25) is 0 Å². The van der Waals surface area contributed by atoms with Crippen LogP contribution in [0, 0.1) is 0 Å². The predicted octanol–water partition coefficient (Wildman–Crippen LogP) is 2.07. The van der Waals surface area contributed by atoms with Crippen LogP contribution >= 0.6 is 12.2 Å². The number of thiocarbonyl (C=S) groups is 1. The van der Waals surface area contributed by atoms with Crippen LogP contribution in [0.2, 0.25) is 0 Å².